The molecule has 0 saturated carbocycles. The van der Waals surface area contributed by atoms with Gasteiger partial charge >= 0.3 is 12.0 Å². The van der Waals surface area contributed by atoms with E-state index in [9.17, 15) is 19.2 Å². The number of hydrogen-bond donors (Lipinski definition) is 2. The highest BCUT2D eigenvalue weighted by Gasteiger charge is 2.45. The van der Waals surface area contributed by atoms with E-state index in [0.717, 1.165) is 4.90 Å². The number of carbonyl (C=O) groups excluding carboxylic acids is 4. The van der Waals surface area contributed by atoms with Crippen LogP contribution in [0.3, 0.4) is 0 Å². The highest BCUT2D eigenvalue weighted by Crippen LogP contribution is 2.28. The van der Waals surface area contributed by atoms with Crippen LogP contribution >= 0.6 is 0 Å². The number of esters is 1. The number of nitrogens with one attached hydrogen (secondary N) is 2. The molecule has 1 aromatic rings. The Bertz CT molecular complexity index is 776. The van der Waals surface area contributed by atoms with Gasteiger partial charge in [-0.25, -0.2) is 4.79 Å². The van der Waals surface area contributed by atoms with Gasteiger partial charge in [0.15, 0.2) is 6.61 Å². The maximum Gasteiger partial charge on any atom is 0.326 e. The average Bonchev–Trinajstić information content (AvgIpc) is 2.81. The number of anilines is 1. The lowest BCUT2D eigenvalue weighted by Gasteiger charge is -2.15. The van der Waals surface area contributed by atoms with Gasteiger partial charge in [-0.1, -0.05) is 0 Å². The van der Waals surface area contributed by atoms with Crippen LogP contribution in [-0.4, -0.2) is 61.6 Å². The van der Waals surface area contributed by atoms with Gasteiger partial charge in [0.05, 0.1) is 19.9 Å². The second-order valence-corrected chi connectivity index (χ2v) is 6.22. The summed E-state index contributed by atoms with van der Waals surface area (Å²) in [5.41, 5.74) is -0.744. The van der Waals surface area contributed by atoms with Crippen molar-refractivity contribution in [3.05, 3.63) is 18.2 Å². The summed E-state index contributed by atoms with van der Waals surface area (Å²) in [4.78, 5) is 48.4. The fraction of sp³-hybridized carbons (Fsp3) is 0.412. The minimum Gasteiger partial charge on any atom is -0.497 e. The number of methoxy groups -OCH3 is 2. The summed E-state index contributed by atoms with van der Waals surface area (Å²) < 4.78 is 15.1. The molecule has 0 bridgehead atoms. The summed E-state index contributed by atoms with van der Waals surface area (Å²) in [5, 5.41) is 4.98. The van der Waals surface area contributed by atoms with Crippen LogP contribution in [0.5, 0.6) is 11.5 Å². The molecule has 0 atom stereocenters. The Kier molecular flexibility index (Phi) is 5.88. The zero-order valence-corrected chi connectivity index (χ0v) is 15.5. The Hall–Kier alpha value is -3.30. The molecule has 146 valence electrons. The maximum atomic E-state index is 12.0. The van der Waals surface area contributed by atoms with E-state index in [4.69, 9.17) is 14.2 Å². The predicted octanol–water partition coefficient (Wildman–Crippen LogP) is 0.516. The lowest BCUT2D eigenvalue weighted by molar-refractivity contribution is -0.150. The summed E-state index contributed by atoms with van der Waals surface area (Å²) >= 11 is 0. The minimum absolute atomic E-state index is 0.341. The molecular weight excluding hydrogens is 358 g/mol. The third-order valence-electron chi connectivity index (χ3n) is 3.78. The van der Waals surface area contributed by atoms with Gasteiger partial charge in [-0.3, -0.25) is 19.3 Å². The fourth-order valence-corrected chi connectivity index (χ4v) is 2.38. The quantitative estimate of drug-likeness (QED) is 0.523. The van der Waals surface area contributed by atoms with Crippen molar-refractivity contribution in [3.8, 4) is 11.5 Å². The van der Waals surface area contributed by atoms with Crippen LogP contribution in [0, 0.1) is 0 Å². The molecule has 4 amide bonds. The van der Waals surface area contributed by atoms with Crippen molar-refractivity contribution in [3.63, 3.8) is 0 Å². The largest absolute Gasteiger partial charge is 0.497 e. The van der Waals surface area contributed by atoms with Crippen LogP contribution in [-0.2, 0) is 19.1 Å². The molecule has 10 nitrogen and oxygen atoms in total. The Balaban J connectivity index is 1.90. The summed E-state index contributed by atoms with van der Waals surface area (Å²) in [6.45, 7) is 1.87. The van der Waals surface area contributed by atoms with E-state index in [0.29, 0.717) is 17.2 Å². The number of urea groups is 1. The molecule has 0 aromatic heterocycles. The van der Waals surface area contributed by atoms with E-state index in [1.54, 1.807) is 18.2 Å². The Morgan fingerprint density at radius 2 is 1.89 bits per heavy atom. The summed E-state index contributed by atoms with van der Waals surface area (Å²) in [5.74, 6) is -1.15. The third kappa shape index (κ3) is 4.66. The van der Waals surface area contributed by atoms with E-state index >= 15 is 0 Å². The third-order valence-corrected chi connectivity index (χ3v) is 3.78. The highest BCUT2D eigenvalue weighted by atomic mass is 16.5. The molecule has 1 fully saturated rings. The molecule has 1 aliphatic rings. The van der Waals surface area contributed by atoms with Crippen molar-refractivity contribution in [1.82, 2.24) is 10.2 Å². The predicted molar refractivity (Wildman–Crippen MR) is 93.5 cm³/mol. The van der Waals surface area contributed by atoms with E-state index in [-0.39, 0.29) is 0 Å². The normalized spacial score (nSPS) is 15.2. The first-order chi connectivity index (χ1) is 12.7. The smallest absolute Gasteiger partial charge is 0.326 e. The first-order valence-corrected chi connectivity index (χ1v) is 7.99. The second-order valence-electron chi connectivity index (χ2n) is 6.22. The van der Waals surface area contributed by atoms with Gasteiger partial charge in [0.2, 0.25) is 0 Å². The van der Waals surface area contributed by atoms with Crippen LogP contribution in [0.4, 0.5) is 10.5 Å². The number of imide groups is 1. The van der Waals surface area contributed by atoms with Gasteiger partial charge < -0.3 is 24.8 Å². The Morgan fingerprint density at radius 3 is 2.44 bits per heavy atom. The van der Waals surface area contributed by atoms with Gasteiger partial charge in [0, 0.05) is 6.07 Å². The fourth-order valence-electron chi connectivity index (χ4n) is 2.38. The monoisotopic (exact) mass is 379 g/mol. The summed E-state index contributed by atoms with van der Waals surface area (Å²) in [7, 11) is 2.92. The number of ether oxygens (including phenoxy) is 3. The summed E-state index contributed by atoms with van der Waals surface area (Å²) in [6, 6.07) is 4.13. The molecule has 1 aliphatic heterocycles. The van der Waals surface area contributed by atoms with Crippen molar-refractivity contribution >= 4 is 29.5 Å². The lowest BCUT2D eigenvalue weighted by Crippen LogP contribution is -2.41. The van der Waals surface area contributed by atoms with E-state index in [1.807, 2.05) is 0 Å². The van der Waals surface area contributed by atoms with Crippen LogP contribution in [0.2, 0.25) is 0 Å². The highest BCUT2D eigenvalue weighted by molar-refractivity contribution is 6.08. The van der Waals surface area contributed by atoms with Gasteiger partial charge in [-0.2, -0.15) is 0 Å². The SMILES string of the molecule is COc1ccc(OC)c(NC(=O)COC(=O)CN2C(=O)NC(C)(C)C2=O)c1. The zero-order chi connectivity index (χ0) is 20.2. The number of rotatable bonds is 7. The van der Waals surface area contributed by atoms with Crippen LogP contribution in [0.15, 0.2) is 18.2 Å². The van der Waals surface area contributed by atoms with Crippen molar-refractivity contribution in [1.29, 1.82) is 0 Å². The Morgan fingerprint density at radius 1 is 1.19 bits per heavy atom. The van der Waals surface area contributed by atoms with Crippen molar-refractivity contribution in [2.75, 3.05) is 32.7 Å². The lowest BCUT2D eigenvalue weighted by atomic mass is 10.1. The molecule has 0 aliphatic carbocycles. The molecule has 0 unspecified atom stereocenters. The first kappa shape index (κ1) is 20.0. The molecule has 1 heterocycles. The molecule has 1 saturated heterocycles. The molecule has 0 radical (unpaired) electrons. The standard InChI is InChI=1S/C17H21N3O7/c1-17(2)15(23)20(16(24)19-17)8-14(22)27-9-13(21)18-11-7-10(25-3)5-6-12(11)26-4/h5-7H,8-9H2,1-4H3,(H,18,21)(H,19,24). The van der Waals surface area contributed by atoms with Crippen molar-refractivity contribution in [2.24, 2.45) is 0 Å². The number of benzene rings is 1. The van der Waals surface area contributed by atoms with E-state index in [1.165, 1.54) is 28.1 Å². The van der Waals surface area contributed by atoms with Crippen LogP contribution in [0.1, 0.15) is 13.8 Å². The summed E-state index contributed by atoms with van der Waals surface area (Å²) in [6.07, 6.45) is 0. The molecule has 2 N–H and O–H groups in total. The molecular formula is C17H21N3O7. The van der Waals surface area contributed by atoms with Crippen LogP contribution in [0.25, 0.3) is 0 Å². The molecule has 1 aromatic carbocycles. The zero-order valence-electron chi connectivity index (χ0n) is 15.5. The molecule has 27 heavy (non-hydrogen) atoms. The molecule has 0 spiro atoms. The van der Waals surface area contributed by atoms with Crippen LogP contribution < -0.4 is 20.1 Å². The maximum absolute atomic E-state index is 12.0. The number of nitrogens with zero attached hydrogens (tertiary/aromatic N) is 1. The Labute approximate surface area is 155 Å². The van der Waals surface area contributed by atoms with Gasteiger partial charge in [-0.05, 0) is 26.0 Å². The number of hydrogen-bond acceptors (Lipinski definition) is 7. The molecule has 2 rings (SSSR count). The average molecular weight is 379 g/mol. The number of carbonyl (C=O) groups is 4. The first-order valence-electron chi connectivity index (χ1n) is 7.99. The van der Waals surface area contributed by atoms with Gasteiger partial charge in [-0.15, -0.1) is 0 Å². The van der Waals surface area contributed by atoms with Gasteiger partial charge in [0.1, 0.15) is 23.6 Å². The van der Waals surface area contributed by atoms with Gasteiger partial charge in [0.25, 0.3) is 11.8 Å². The van der Waals surface area contributed by atoms with Crippen molar-refractivity contribution in [2.45, 2.75) is 19.4 Å². The molecule has 10 heteroatoms. The topological polar surface area (TPSA) is 123 Å². The van der Waals surface area contributed by atoms with E-state index < -0.39 is 42.5 Å². The van der Waals surface area contributed by atoms with E-state index in [2.05, 4.69) is 10.6 Å². The van der Waals surface area contributed by atoms with Crippen molar-refractivity contribution < 1.29 is 33.4 Å². The number of amides is 4. The minimum atomic E-state index is -1.09. The second kappa shape index (κ2) is 7.94.